The lowest BCUT2D eigenvalue weighted by molar-refractivity contribution is -0.152. The molecule has 1 aromatic carbocycles. The van der Waals surface area contributed by atoms with Gasteiger partial charge in [-0.3, -0.25) is 9.59 Å². The quantitative estimate of drug-likeness (QED) is 0.447. The van der Waals surface area contributed by atoms with Crippen molar-refractivity contribution in [3.63, 3.8) is 0 Å². The molecule has 3 heterocycles. The van der Waals surface area contributed by atoms with E-state index in [0.717, 1.165) is 30.5 Å². The van der Waals surface area contributed by atoms with E-state index < -0.39 is 17.4 Å². The van der Waals surface area contributed by atoms with Gasteiger partial charge in [-0.2, -0.15) is 0 Å². The Morgan fingerprint density at radius 1 is 1.38 bits per heavy atom. The number of nitrogens with zero attached hydrogens (tertiary/aromatic N) is 1. The topological polar surface area (TPSA) is 55.8 Å². The number of ether oxygens (including phenoxy) is 2. The standard InChI is InChI=1S/C21H25NO4/c1-3-4-5-11-25-20(24)17-16-9-10-21(26-16)13-22(19(23)18(17)21)15-8-6-7-14(2)12-15/h6-10,12,16-18H,3-5,11,13H2,1-2H3/t16-,17-,18-,21+/m0/s1. The molecule has 4 atom stereocenters. The molecule has 0 saturated carbocycles. The summed E-state index contributed by atoms with van der Waals surface area (Å²) < 4.78 is 11.6. The van der Waals surface area contributed by atoms with Gasteiger partial charge in [0, 0.05) is 5.69 Å². The average molecular weight is 355 g/mol. The van der Waals surface area contributed by atoms with Crippen molar-refractivity contribution in [2.45, 2.75) is 44.8 Å². The van der Waals surface area contributed by atoms with Crippen molar-refractivity contribution in [2.75, 3.05) is 18.1 Å². The number of carbonyl (C=O) groups excluding carboxylic acids is 2. The van der Waals surface area contributed by atoms with Crippen LogP contribution in [0, 0.1) is 18.8 Å². The fraction of sp³-hybridized carbons (Fsp3) is 0.524. The van der Waals surface area contributed by atoms with Crippen molar-refractivity contribution in [2.24, 2.45) is 11.8 Å². The summed E-state index contributed by atoms with van der Waals surface area (Å²) in [4.78, 5) is 27.6. The van der Waals surface area contributed by atoms with Gasteiger partial charge in [0.2, 0.25) is 5.91 Å². The van der Waals surface area contributed by atoms with Crippen LogP contribution in [0.5, 0.6) is 0 Å². The van der Waals surface area contributed by atoms with Gasteiger partial charge in [-0.05, 0) is 31.0 Å². The van der Waals surface area contributed by atoms with Crippen molar-refractivity contribution < 1.29 is 19.1 Å². The Hall–Kier alpha value is -2.14. The third-order valence-electron chi connectivity index (χ3n) is 5.68. The Kier molecular flexibility index (Phi) is 4.35. The summed E-state index contributed by atoms with van der Waals surface area (Å²) in [7, 11) is 0. The number of hydrogen-bond acceptors (Lipinski definition) is 4. The third kappa shape index (κ3) is 2.65. The molecule has 5 heteroatoms. The molecule has 1 amide bonds. The molecule has 0 N–H and O–H groups in total. The second-order valence-electron chi connectivity index (χ2n) is 7.54. The molecule has 2 saturated heterocycles. The minimum absolute atomic E-state index is 0.0436. The fourth-order valence-corrected chi connectivity index (χ4v) is 4.40. The molecule has 1 aromatic rings. The Morgan fingerprint density at radius 3 is 3.00 bits per heavy atom. The van der Waals surface area contributed by atoms with Crippen LogP contribution in [0.25, 0.3) is 0 Å². The van der Waals surface area contributed by atoms with E-state index in [1.807, 2.05) is 43.3 Å². The van der Waals surface area contributed by atoms with E-state index in [2.05, 4.69) is 6.92 Å². The van der Waals surface area contributed by atoms with Gasteiger partial charge >= 0.3 is 5.97 Å². The van der Waals surface area contributed by atoms with Crippen LogP contribution in [0.1, 0.15) is 31.7 Å². The van der Waals surface area contributed by atoms with E-state index in [1.165, 1.54) is 0 Å². The SMILES string of the molecule is CCCCCOC(=O)[C@H]1[C@@H]2C=C[C@]3(CN(c4cccc(C)c4)C(=O)[C@H]13)O2. The Balaban J connectivity index is 1.55. The van der Waals surface area contributed by atoms with Crippen LogP contribution in [0.2, 0.25) is 0 Å². The average Bonchev–Trinajstić information content (AvgIpc) is 3.27. The Bertz CT molecular complexity index is 758. The number of unbranched alkanes of at least 4 members (excludes halogenated alkanes) is 2. The zero-order valence-electron chi connectivity index (χ0n) is 15.3. The van der Waals surface area contributed by atoms with E-state index in [4.69, 9.17) is 9.47 Å². The molecule has 3 aliphatic heterocycles. The van der Waals surface area contributed by atoms with E-state index in [9.17, 15) is 9.59 Å². The number of aryl methyl sites for hydroxylation is 1. The van der Waals surface area contributed by atoms with Crippen LogP contribution >= 0.6 is 0 Å². The van der Waals surface area contributed by atoms with Crippen LogP contribution < -0.4 is 4.90 Å². The first-order valence-electron chi connectivity index (χ1n) is 9.47. The molecule has 0 aliphatic carbocycles. The maximum absolute atomic E-state index is 13.2. The van der Waals surface area contributed by atoms with E-state index >= 15 is 0 Å². The lowest BCUT2D eigenvalue weighted by Gasteiger charge is -2.22. The minimum Gasteiger partial charge on any atom is -0.465 e. The molecule has 0 radical (unpaired) electrons. The van der Waals surface area contributed by atoms with Crippen molar-refractivity contribution in [1.29, 1.82) is 0 Å². The molecule has 138 valence electrons. The van der Waals surface area contributed by atoms with Crippen LogP contribution in [0.4, 0.5) is 5.69 Å². The van der Waals surface area contributed by atoms with Gasteiger partial charge in [-0.1, -0.05) is 44.1 Å². The van der Waals surface area contributed by atoms with E-state index in [0.29, 0.717) is 13.2 Å². The van der Waals surface area contributed by atoms with Crippen molar-refractivity contribution in [3.8, 4) is 0 Å². The highest BCUT2D eigenvalue weighted by Gasteiger charge is 2.67. The second kappa shape index (κ2) is 6.54. The molecule has 26 heavy (non-hydrogen) atoms. The summed E-state index contributed by atoms with van der Waals surface area (Å²) in [6, 6.07) is 7.86. The Morgan fingerprint density at radius 2 is 2.23 bits per heavy atom. The smallest absolute Gasteiger partial charge is 0.312 e. The maximum Gasteiger partial charge on any atom is 0.312 e. The molecule has 1 spiro atoms. The van der Waals surface area contributed by atoms with Gasteiger partial charge in [0.15, 0.2) is 0 Å². The first kappa shape index (κ1) is 17.3. The van der Waals surface area contributed by atoms with Gasteiger partial charge < -0.3 is 14.4 Å². The number of esters is 1. The molecule has 2 bridgehead atoms. The first-order chi connectivity index (χ1) is 12.6. The largest absolute Gasteiger partial charge is 0.465 e. The predicted molar refractivity (Wildman–Crippen MR) is 97.7 cm³/mol. The van der Waals surface area contributed by atoms with Crippen LogP contribution in [0.15, 0.2) is 36.4 Å². The summed E-state index contributed by atoms with van der Waals surface area (Å²) in [5.74, 6) is -1.37. The Labute approximate surface area is 154 Å². The lowest BCUT2D eigenvalue weighted by Crippen LogP contribution is -2.40. The molecule has 4 rings (SSSR count). The summed E-state index contributed by atoms with van der Waals surface area (Å²) >= 11 is 0. The van der Waals surface area contributed by atoms with Crippen LogP contribution in [-0.4, -0.2) is 36.7 Å². The number of rotatable bonds is 6. The number of benzene rings is 1. The van der Waals surface area contributed by atoms with Crippen molar-refractivity contribution in [1.82, 2.24) is 0 Å². The normalized spacial score (nSPS) is 31.5. The molecule has 2 fully saturated rings. The highest BCUT2D eigenvalue weighted by molar-refractivity contribution is 6.02. The van der Waals surface area contributed by atoms with Crippen LogP contribution in [-0.2, 0) is 19.1 Å². The molecule has 0 unspecified atom stereocenters. The second-order valence-corrected chi connectivity index (χ2v) is 7.54. The minimum atomic E-state index is -0.696. The van der Waals surface area contributed by atoms with Gasteiger partial charge in [0.1, 0.15) is 11.5 Å². The highest BCUT2D eigenvalue weighted by Crippen LogP contribution is 2.52. The number of amides is 1. The fourth-order valence-electron chi connectivity index (χ4n) is 4.40. The lowest BCUT2D eigenvalue weighted by atomic mass is 9.77. The zero-order valence-corrected chi connectivity index (χ0v) is 15.3. The first-order valence-corrected chi connectivity index (χ1v) is 9.47. The zero-order chi connectivity index (χ0) is 18.3. The number of carbonyl (C=O) groups is 2. The van der Waals surface area contributed by atoms with Gasteiger partial charge in [-0.25, -0.2) is 0 Å². The monoisotopic (exact) mass is 355 g/mol. The molecule has 0 aromatic heterocycles. The predicted octanol–water partition coefficient (Wildman–Crippen LogP) is 3.01. The molecular formula is C21H25NO4. The summed E-state index contributed by atoms with van der Waals surface area (Å²) in [6.45, 7) is 4.97. The summed E-state index contributed by atoms with van der Waals surface area (Å²) in [5, 5.41) is 0. The number of anilines is 1. The molecule has 3 aliphatic rings. The summed E-state index contributed by atoms with van der Waals surface area (Å²) in [6.07, 6.45) is 6.51. The van der Waals surface area contributed by atoms with Gasteiger partial charge in [0.25, 0.3) is 0 Å². The molecular weight excluding hydrogens is 330 g/mol. The van der Waals surface area contributed by atoms with Crippen molar-refractivity contribution >= 4 is 17.6 Å². The number of hydrogen-bond donors (Lipinski definition) is 0. The number of fused-ring (bicyclic) bond motifs is 1. The maximum atomic E-state index is 13.2. The summed E-state index contributed by atoms with van der Waals surface area (Å²) in [5.41, 5.74) is 1.25. The third-order valence-corrected chi connectivity index (χ3v) is 5.68. The van der Waals surface area contributed by atoms with E-state index in [-0.39, 0.29) is 18.0 Å². The van der Waals surface area contributed by atoms with Gasteiger partial charge in [-0.15, -0.1) is 0 Å². The van der Waals surface area contributed by atoms with Crippen molar-refractivity contribution in [3.05, 3.63) is 42.0 Å². The van der Waals surface area contributed by atoms with E-state index in [1.54, 1.807) is 4.90 Å². The van der Waals surface area contributed by atoms with Crippen LogP contribution in [0.3, 0.4) is 0 Å². The van der Waals surface area contributed by atoms with Gasteiger partial charge in [0.05, 0.1) is 25.2 Å². The molecule has 5 nitrogen and oxygen atoms in total. The highest BCUT2D eigenvalue weighted by atomic mass is 16.6.